The minimum atomic E-state index is 0.0911. The Labute approximate surface area is 136 Å². The van der Waals surface area contributed by atoms with Crippen LogP contribution in [-0.4, -0.2) is 29.2 Å². The lowest BCUT2D eigenvalue weighted by Gasteiger charge is -2.31. The molecule has 0 unspecified atom stereocenters. The second-order valence-electron chi connectivity index (χ2n) is 6.00. The van der Waals surface area contributed by atoms with Crippen LogP contribution in [0.3, 0.4) is 0 Å². The van der Waals surface area contributed by atoms with Crippen LogP contribution in [0.4, 0.5) is 5.82 Å². The van der Waals surface area contributed by atoms with Gasteiger partial charge in [-0.1, -0.05) is 30.3 Å². The van der Waals surface area contributed by atoms with E-state index in [4.69, 9.17) is 0 Å². The number of hydrogen-bond donors (Lipinski definition) is 1. The summed E-state index contributed by atoms with van der Waals surface area (Å²) >= 11 is 0. The molecule has 1 aromatic heterocycles. The van der Waals surface area contributed by atoms with E-state index in [1.54, 1.807) is 0 Å². The van der Waals surface area contributed by atoms with Gasteiger partial charge in [0, 0.05) is 25.6 Å². The number of benzene rings is 1. The molecule has 2 heterocycles. The Bertz CT molecular complexity index is 634. The molecule has 1 amide bonds. The van der Waals surface area contributed by atoms with Gasteiger partial charge in [0.2, 0.25) is 5.91 Å². The van der Waals surface area contributed by atoms with Crippen LogP contribution in [0.1, 0.15) is 24.1 Å². The topological polar surface area (TPSA) is 58.1 Å². The van der Waals surface area contributed by atoms with Gasteiger partial charge in [-0.3, -0.25) is 4.79 Å². The summed E-state index contributed by atoms with van der Waals surface area (Å²) in [5.41, 5.74) is 2.05. The minimum absolute atomic E-state index is 0.0911. The van der Waals surface area contributed by atoms with Gasteiger partial charge in [0.15, 0.2) is 5.82 Å². The van der Waals surface area contributed by atoms with E-state index in [2.05, 4.69) is 20.4 Å². The standard InChI is InChI=1S/C18H22N4O/c1-14-7-8-17(21-20-14)22-11-9-16(10-12-22)18(23)19-13-15-5-3-2-4-6-15/h2-8,16H,9-13H2,1H3,(H,19,23). The molecule has 1 N–H and O–H groups in total. The highest BCUT2D eigenvalue weighted by atomic mass is 16.1. The van der Waals surface area contributed by atoms with Gasteiger partial charge in [0.25, 0.3) is 0 Å². The van der Waals surface area contributed by atoms with Crippen LogP contribution in [0.5, 0.6) is 0 Å². The molecule has 120 valence electrons. The zero-order chi connectivity index (χ0) is 16.1. The molecular weight excluding hydrogens is 288 g/mol. The summed E-state index contributed by atoms with van der Waals surface area (Å²) < 4.78 is 0. The van der Waals surface area contributed by atoms with Gasteiger partial charge >= 0.3 is 0 Å². The number of rotatable bonds is 4. The van der Waals surface area contributed by atoms with Gasteiger partial charge < -0.3 is 10.2 Å². The summed E-state index contributed by atoms with van der Waals surface area (Å²) in [6, 6.07) is 14.0. The third kappa shape index (κ3) is 4.06. The Balaban J connectivity index is 1.48. The molecule has 1 aliphatic rings. The maximum absolute atomic E-state index is 12.3. The van der Waals surface area contributed by atoms with Crippen molar-refractivity contribution in [1.82, 2.24) is 15.5 Å². The van der Waals surface area contributed by atoms with Crippen molar-refractivity contribution in [2.75, 3.05) is 18.0 Å². The molecule has 2 aromatic rings. The van der Waals surface area contributed by atoms with Gasteiger partial charge in [-0.25, -0.2) is 0 Å². The highest BCUT2D eigenvalue weighted by Crippen LogP contribution is 2.21. The number of nitrogens with zero attached hydrogens (tertiary/aromatic N) is 3. The molecule has 5 nitrogen and oxygen atoms in total. The molecule has 1 aliphatic heterocycles. The Kier molecular flexibility index (Phi) is 4.86. The van der Waals surface area contributed by atoms with Gasteiger partial charge in [-0.15, -0.1) is 5.10 Å². The number of anilines is 1. The molecule has 1 aromatic carbocycles. The molecule has 3 rings (SSSR count). The number of carbonyl (C=O) groups excluding carboxylic acids is 1. The number of piperidine rings is 1. The van der Waals surface area contributed by atoms with E-state index in [9.17, 15) is 4.79 Å². The first kappa shape index (κ1) is 15.5. The highest BCUT2D eigenvalue weighted by molar-refractivity contribution is 5.78. The smallest absolute Gasteiger partial charge is 0.223 e. The number of aryl methyl sites for hydroxylation is 1. The van der Waals surface area contributed by atoms with E-state index >= 15 is 0 Å². The van der Waals surface area contributed by atoms with Crippen molar-refractivity contribution in [2.45, 2.75) is 26.3 Å². The molecule has 0 spiro atoms. The summed E-state index contributed by atoms with van der Waals surface area (Å²) in [6.07, 6.45) is 1.71. The SMILES string of the molecule is Cc1ccc(N2CCC(C(=O)NCc3ccccc3)CC2)nn1. The fraction of sp³-hybridized carbons (Fsp3) is 0.389. The van der Waals surface area contributed by atoms with E-state index in [-0.39, 0.29) is 11.8 Å². The number of nitrogens with one attached hydrogen (secondary N) is 1. The van der Waals surface area contributed by atoms with Crippen molar-refractivity contribution in [3.63, 3.8) is 0 Å². The van der Waals surface area contributed by atoms with E-state index in [0.717, 1.165) is 43.0 Å². The minimum Gasteiger partial charge on any atom is -0.355 e. The normalized spacial score (nSPS) is 15.4. The summed E-state index contributed by atoms with van der Waals surface area (Å²) in [5, 5.41) is 11.4. The van der Waals surface area contributed by atoms with Gasteiger partial charge in [0.05, 0.1) is 5.69 Å². The van der Waals surface area contributed by atoms with E-state index < -0.39 is 0 Å². The van der Waals surface area contributed by atoms with Crippen LogP contribution in [0.2, 0.25) is 0 Å². The van der Waals surface area contributed by atoms with Gasteiger partial charge in [-0.05, 0) is 37.5 Å². The van der Waals surface area contributed by atoms with Crippen LogP contribution in [0.25, 0.3) is 0 Å². The van der Waals surface area contributed by atoms with Crippen LogP contribution >= 0.6 is 0 Å². The van der Waals surface area contributed by atoms with Crippen molar-refractivity contribution in [3.8, 4) is 0 Å². The summed E-state index contributed by atoms with van der Waals surface area (Å²) in [5.74, 6) is 1.15. The lowest BCUT2D eigenvalue weighted by atomic mass is 9.96. The van der Waals surface area contributed by atoms with Crippen LogP contribution in [-0.2, 0) is 11.3 Å². The Morgan fingerprint density at radius 1 is 1.13 bits per heavy atom. The lowest BCUT2D eigenvalue weighted by Crippen LogP contribution is -2.40. The predicted octanol–water partition coefficient (Wildman–Crippen LogP) is 2.32. The largest absolute Gasteiger partial charge is 0.355 e. The van der Waals surface area contributed by atoms with Crippen LogP contribution < -0.4 is 10.2 Å². The van der Waals surface area contributed by atoms with E-state index in [1.165, 1.54) is 0 Å². The quantitative estimate of drug-likeness (QED) is 0.941. The summed E-state index contributed by atoms with van der Waals surface area (Å²) in [7, 11) is 0. The second-order valence-corrected chi connectivity index (χ2v) is 6.00. The van der Waals surface area contributed by atoms with E-state index in [0.29, 0.717) is 6.54 Å². The molecule has 1 saturated heterocycles. The third-order valence-corrected chi connectivity index (χ3v) is 4.28. The predicted molar refractivity (Wildman–Crippen MR) is 90.0 cm³/mol. The molecule has 0 bridgehead atoms. The Hall–Kier alpha value is -2.43. The summed E-state index contributed by atoms with van der Waals surface area (Å²) in [4.78, 5) is 14.5. The van der Waals surface area contributed by atoms with Crippen LogP contribution in [0, 0.1) is 12.8 Å². The van der Waals surface area contributed by atoms with Crippen molar-refractivity contribution in [1.29, 1.82) is 0 Å². The number of amides is 1. The number of carbonyl (C=O) groups is 1. The zero-order valence-corrected chi connectivity index (χ0v) is 13.4. The van der Waals surface area contributed by atoms with Crippen molar-refractivity contribution in [3.05, 3.63) is 53.7 Å². The highest BCUT2D eigenvalue weighted by Gasteiger charge is 2.25. The third-order valence-electron chi connectivity index (χ3n) is 4.28. The first-order valence-corrected chi connectivity index (χ1v) is 8.09. The second kappa shape index (κ2) is 7.22. The van der Waals surface area contributed by atoms with Crippen LogP contribution in [0.15, 0.2) is 42.5 Å². The van der Waals surface area contributed by atoms with Gasteiger partial charge in [-0.2, -0.15) is 5.10 Å². The average molecular weight is 310 g/mol. The maximum Gasteiger partial charge on any atom is 0.223 e. The molecule has 0 aliphatic carbocycles. The van der Waals surface area contributed by atoms with Crippen molar-refractivity contribution < 1.29 is 4.79 Å². The molecule has 0 atom stereocenters. The molecule has 0 saturated carbocycles. The monoisotopic (exact) mass is 310 g/mol. The molecule has 0 radical (unpaired) electrons. The fourth-order valence-corrected chi connectivity index (χ4v) is 2.86. The van der Waals surface area contributed by atoms with Gasteiger partial charge in [0.1, 0.15) is 0 Å². The Morgan fingerprint density at radius 3 is 2.52 bits per heavy atom. The van der Waals surface area contributed by atoms with Crippen molar-refractivity contribution >= 4 is 11.7 Å². The zero-order valence-electron chi connectivity index (χ0n) is 13.4. The number of hydrogen-bond acceptors (Lipinski definition) is 4. The first-order valence-electron chi connectivity index (χ1n) is 8.09. The molecule has 5 heteroatoms. The molecule has 1 fully saturated rings. The lowest BCUT2D eigenvalue weighted by molar-refractivity contribution is -0.125. The molecule has 23 heavy (non-hydrogen) atoms. The van der Waals surface area contributed by atoms with E-state index in [1.807, 2.05) is 49.4 Å². The molecular formula is C18H22N4O. The Morgan fingerprint density at radius 2 is 1.87 bits per heavy atom. The van der Waals surface area contributed by atoms with Crippen molar-refractivity contribution in [2.24, 2.45) is 5.92 Å². The first-order chi connectivity index (χ1) is 11.2. The fourth-order valence-electron chi connectivity index (χ4n) is 2.86. The number of aromatic nitrogens is 2. The average Bonchev–Trinajstić information content (AvgIpc) is 2.61. The summed E-state index contributed by atoms with van der Waals surface area (Å²) in [6.45, 7) is 4.23. The maximum atomic E-state index is 12.3.